The van der Waals surface area contributed by atoms with Crippen molar-refractivity contribution in [3.63, 3.8) is 0 Å². The van der Waals surface area contributed by atoms with Crippen LogP contribution in [0.4, 0.5) is 5.69 Å². The van der Waals surface area contributed by atoms with Gasteiger partial charge in [-0.25, -0.2) is 0 Å². The fourth-order valence-electron chi connectivity index (χ4n) is 2.81. The van der Waals surface area contributed by atoms with Gasteiger partial charge >= 0.3 is 0 Å². The number of benzene rings is 2. The molecule has 0 N–H and O–H groups in total. The van der Waals surface area contributed by atoms with Crippen molar-refractivity contribution in [3.05, 3.63) is 58.0 Å². The molecule has 0 saturated carbocycles. The predicted octanol–water partition coefficient (Wildman–Crippen LogP) is 2.49. The van der Waals surface area contributed by atoms with Gasteiger partial charge in [-0.2, -0.15) is 0 Å². The lowest BCUT2D eigenvalue weighted by Gasteiger charge is -2.18. The minimum atomic E-state index is -1.31. The molecule has 2 heterocycles. The van der Waals surface area contributed by atoms with Crippen molar-refractivity contribution < 1.29 is 24.2 Å². The molecule has 2 aliphatic heterocycles. The van der Waals surface area contributed by atoms with Crippen molar-refractivity contribution in [2.45, 2.75) is 6.92 Å². The van der Waals surface area contributed by atoms with Crippen molar-refractivity contribution in [2.75, 3.05) is 11.7 Å². The van der Waals surface area contributed by atoms with Gasteiger partial charge in [0.1, 0.15) is 0 Å². The largest absolute Gasteiger partial charge is 0.545 e. The number of hydrogen-bond acceptors (Lipinski definition) is 7. The van der Waals surface area contributed by atoms with Gasteiger partial charge in [-0.1, -0.05) is 42.2 Å². The van der Waals surface area contributed by atoms with Gasteiger partial charge in [0, 0.05) is 0 Å². The van der Waals surface area contributed by atoms with Crippen LogP contribution in [0.15, 0.2) is 41.3 Å². The molecule has 27 heavy (non-hydrogen) atoms. The summed E-state index contributed by atoms with van der Waals surface area (Å²) < 4.78 is 11.0. The predicted molar refractivity (Wildman–Crippen MR) is 104 cm³/mol. The second-order valence-electron chi connectivity index (χ2n) is 5.92. The summed E-state index contributed by atoms with van der Waals surface area (Å²) in [6, 6.07) is 9.86. The molecule has 2 aromatic rings. The minimum absolute atomic E-state index is 0.00981. The van der Waals surface area contributed by atoms with Crippen molar-refractivity contribution >= 4 is 51.9 Å². The molecular weight excluding hydrogens is 386 g/mol. The van der Waals surface area contributed by atoms with E-state index in [1.54, 1.807) is 31.2 Å². The Labute approximate surface area is 164 Å². The molecule has 0 spiro atoms. The fourth-order valence-corrected chi connectivity index (χ4v) is 4.09. The molecule has 0 radical (unpaired) electrons. The van der Waals surface area contributed by atoms with E-state index < -0.39 is 5.97 Å². The summed E-state index contributed by atoms with van der Waals surface area (Å²) >= 11 is 6.52. The van der Waals surface area contributed by atoms with E-state index in [1.165, 1.54) is 17.0 Å². The van der Waals surface area contributed by atoms with Crippen LogP contribution in [0.3, 0.4) is 0 Å². The van der Waals surface area contributed by atoms with Crippen molar-refractivity contribution in [1.82, 2.24) is 0 Å². The number of amides is 1. The summed E-state index contributed by atoms with van der Waals surface area (Å²) in [4.78, 5) is 25.9. The van der Waals surface area contributed by atoms with E-state index in [4.69, 9.17) is 21.7 Å². The van der Waals surface area contributed by atoms with Crippen LogP contribution in [0.5, 0.6) is 11.5 Å². The second-order valence-corrected chi connectivity index (χ2v) is 7.59. The zero-order valence-corrected chi connectivity index (χ0v) is 15.7. The third-order valence-electron chi connectivity index (χ3n) is 4.17. The molecular formula is C19H12NO5S2-. The Balaban J connectivity index is 1.68. The van der Waals surface area contributed by atoms with Crippen LogP contribution in [0.1, 0.15) is 21.5 Å². The summed E-state index contributed by atoms with van der Waals surface area (Å²) in [7, 11) is 0. The van der Waals surface area contributed by atoms with Crippen LogP contribution in [0, 0.1) is 6.92 Å². The summed E-state index contributed by atoms with van der Waals surface area (Å²) in [5, 5.41) is 11.2. The van der Waals surface area contributed by atoms with E-state index in [0.29, 0.717) is 26.4 Å². The number of thioether (sulfide) groups is 1. The van der Waals surface area contributed by atoms with E-state index in [2.05, 4.69) is 0 Å². The number of aryl methyl sites for hydroxylation is 1. The molecule has 0 unspecified atom stereocenters. The maximum Gasteiger partial charge on any atom is 0.270 e. The number of hydrogen-bond donors (Lipinski definition) is 0. The Morgan fingerprint density at radius 1 is 1.22 bits per heavy atom. The summed E-state index contributed by atoms with van der Waals surface area (Å²) in [6.07, 6.45) is 1.72. The van der Waals surface area contributed by atoms with Crippen molar-refractivity contribution in [2.24, 2.45) is 0 Å². The van der Waals surface area contributed by atoms with Crippen LogP contribution in [-0.2, 0) is 4.79 Å². The van der Waals surface area contributed by atoms with E-state index in [1.807, 2.05) is 6.07 Å². The number of rotatable bonds is 3. The highest BCUT2D eigenvalue weighted by atomic mass is 32.2. The average Bonchev–Trinajstić information content (AvgIpc) is 3.20. The molecule has 0 aliphatic carbocycles. The maximum absolute atomic E-state index is 12.9. The first-order valence-corrected chi connectivity index (χ1v) is 9.16. The third-order valence-corrected chi connectivity index (χ3v) is 5.48. The van der Waals surface area contributed by atoms with Gasteiger partial charge in [0.05, 0.1) is 16.6 Å². The first-order chi connectivity index (χ1) is 12.9. The van der Waals surface area contributed by atoms with Gasteiger partial charge in [0.25, 0.3) is 5.91 Å². The minimum Gasteiger partial charge on any atom is -0.545 e. The molecule has 1 amide bonds. The second kappa shape index (κ2) is 6.71. The summed E-state index contributed by atoms with van der Waals surface area (Å²) in [5.74, 6) is -0.329. The number of carbonyl (C=O) groups is 2. The average molecular weight is 398 g/mol. The Morgan fingerprint density at radius 3 is 2.78 bits per heavy atom. The Hall–Kier alpha value is -2.84. The van der Waals surface area contributed by atoms with Crippen LogP contribution < -0.4 is 19.5 Å². The number of carboxylic acid groups (broad SMARTS) is 1. The van der Waals surface area contributed by atoms with Gasteiger partial charge in [0.2, 0.25) is 6.79 Å². The third kappa shape index (κ3) is 3.17. The number of carbonyl (C=O) groups excluding carboxylic acids is 2. The van der Waals surface area contributed by atoms with Crippen LogP contribution in [-0.4, -0.2) is 23.0 Å². The van der Waals surface area contributed by atoms with Gasteiger partial charge in [-0.3, -0.25) is 9.69 Å². The smallest absolute Gasteiger partial charge is 0.270 e. The lowest BCUT2D eigenvalue weighted by molar-refractivity contribution is -0.255. The molecule has 1 fully saturated rings. The summed E-state index contributed by atoms with van der Waals surface area (Å²) in [5.41, 5.74) is 1.94. The van der Waals surface area contributed by atoms with E-state index in [-0.39, 0.29) is 18.3 Å². The first kappa shape index (κ1) is 17.6. The van der Waals surface area contributed by atoms with Gasteiger partial charge < -0.3 is 19.4 Å². The Bertz CT molecular complexity index is 1030. The molecule has 1 saturated heterocycles. The molecule has 2 aliphatic rings. The molecule has 4 rings (SSSR count). The van der Waals surface area contributed by atoms with Crippen LogP contribution in [0.25, 0.3) is 6.08 Å². The lowest BCUT2D eigenvalue weighted by Crippen LogP contribution is -2.29. The SMILES string of the molecule is Cc1ccc(C(=O)[O-])cc1N1C(=O)/C(=C/c2ccc3c(c2)OCO3)SC1=S. The van der Waals surface area contributed by atoms with Crippen molar-refractivity contribution in [3.8, 4) is 11.5 Å². The lowest BCUT2D eigenvalue weighted by atomic mass is 10.1. The van der Waals surface area contributed by atoms with E-state index >= 15 is 0 Å². The number of fused-ring (bicyclic) bond motifs is 1. The van der Waals surface area contributed by atoms with Crippen LogP contribution in [0.2, 0.25) is 0 Å². The molecule has 8 heteroatoms. The first-order valence-electron chi connectivity index (χ1n) is 7.93. The number of thiocarbonyl (C=S) groups is 1. The van der Waals surface area contributed by atoms with E-state index in [9.17, 15) is 14.7 Å². The van der Waals surface area contributed by atoms with Crippen LogP contribution >= 0.6 is 24.0 Å². The highest BCUT2D eigenvalue weighted by Crippen LogP contribution is 2.39. The monoisotopic (exact) mass is 398 g/mol. The normalized spacial score (nSPS) is 17.1. The topological polar surface area (TPSA) is 78.9 Å². The number of nitrogens with zero attached hydrogens (tertiary/aromatic N) is 1. The quantitative estimate of drug-likeness (QED) is 0.581. The number of anilines is 1. The Morgan fingerprint density at radius 2 is 2.00 bits per heavy atom. The van der Waals surface area contributed by atoms with Gasteiger partial charge in [-0.15, -0.1) is 0 Å². The molecule has 0 atom stereocenters. The molecule has 6 nitrogen and oxygen atoms in total. The molecule has 0 aromatic heterocycles. The highest BCUT2D eigenvalue weighted by molar-refractivity contribution is 8.27. The molecule has 2 aromatic carbocycles. The fraction of sp³-hybridized carbons (Fsp3) is 0.105. The highest BCUT2D eigenvalue weighted by Gasteiger charge is 2.34. The zero-order chi connectivity index (χ0) is 19.1. The molecule has 136 valence electrons. The Kier molecular flexibility index (Phi) is 4.37. The number of ether oxygens (including phenoxy) is 2. The standard InChI is InChI=1S/C19H13NO5S2/c1-10-2-4-12(18(22)23)8-13(10)20-17(21)16(27-19(20)26)7-11-3-5-14-15(6-11)25-9-24-14/h2-8H,9H2,1H3,(H,22,23)/p-1/b16-7-. The number of carboxylic acids is 1. The van der Waals surface area contributed by atoms with Gasteiger partial charge in [0.15, 0.2) is 15.8 Å². The van der Waals surface area contributed by atoms with Gasteiger partial charge in [-0.05, 0) is 47.9 Å². The zero-order valence-electron chi connectivity index (χ0n) is 14.1. The number of aromatic carboxylic acids is 1. The van der Waals surface area contributed by atoms with Crippen molar-refractivity contribution in [1.29, 1.82) is 0 Å². The summed E-state index contributed by atoms with van der Waals surface area (Å²) in [6.45, 7) is 1.96. The molecule has 0 bridgehead atoms. The van der Waals surface area contributed by atoms with E-state index in [0.717, 1.165) is 22.9 Å². The maximum atomic E-state index is 12.9.